The molecule has 1 N–H and O–H groups in total. The molecule has 0 saturated carbocycles. The second-order valence-electron chi connectivity index (χ2n) is 7.06. The largest absolute Gasteiger partial charge is 0.492 e. The zero-order chi connectivity index (χ0) is 14.6. The summed E-state index contributed by atoms with van der Waals surface area (Å²) in [7, 11) is 0. The molecule has 0 unspecified atom stereocenters. The zero-order valence-electron chi connectivity index (χ0n) is 13.5. The Bertz CT molecular complexity index is 437. The van der Waals surface area contributed by atoms with Gasteiger partial charge in [-0.25, -0.2) is 0 Å². The van der Waals surface area contributed by atoms with Crippen LogP contribution in [-0.2, 0) is 11.8 Å². The Morgan fingerprint density at radius 1 is 1.25 bits per heavy atom. The molecule has 0 amide bonds. The minimum Gasteiger partial charge on any atom is -0.492 e. The van der Waals surface area contributed by atoms with Gasteiger partial charge in [0, 0.05) is 11.0 Å². The highest BCUT2D eigenvalue weighted by atomic mass is 16.5. The van der Waals surface area contributed by atoms with Gasteiger partial charge in [-0.1, -0.05) is 39.8 Å². The lowest BCUT2D eigenvalue weighted by Gasteiger charge is -2.16. The molecule has 0 spiro atoms. The molecule has 20 heavy (non-hydrogen) atoms. The maximum atomic E-state index is 5.74. The Hall–Kier alpha value is -1.02. The van der Waals surface area contributed by atoms with Gasteiger partial charge in [0.05, 0.1) is 6.61 Å². The summed E-state index contributed by atoms with van der Waals surface area (Å²) in [5, 5.41) is 3.51. The molecule has 1 aliphatic heterocycles. The van der Waals surface area contributed by atoms with E-state index in [1.54, 1.807) is 0 Å². The fourth-order valence-electron chi connectivity index (χ4n) is 2.69. The molecular formula is C18H29NO. The molecule has 0 radical (unpaired) electrons. The van der Waals surface area contributed by atoms with Gasteiger partial charge in [0.25, 0.3) is 0 Å². The molecule has 1 aromatic rings. The van der Waals surface area contributed by atoms with E-state index in [4.69, 9.17) is 4.74 Å². The third kappa shape index (κ3) is 3.99. The smallest absolute Gasteiger partial charge is 0.123 e. The van der Waals surface area contributed by atoms with Crippen LogP contribution in [0, 0.1) is 5.92 Å². The van der Waals surface area contributed by atoms with Crippen LogP contribution in [0.15, 0.2) is 18.2 Å². The van der Waals surface area contributed by atoms with Gasteiger partial charge in [-0.3, -0.25) is 0 Å². The van der Waals surface area contributed by atoms with Crippen LogP contribution < -0.4 is 10.1 Å². The molecule has 0 aromatic heterocycles. The van der Waals surface area contributed by atoms with E-state index in [0.717, 1.165) is 31.4 Å². The van der Waals surface area contributed by atoms with Gasteiger partial charge in [0.1, 0.15) is 5.75 Å². The van der Waals surface area contributed by atoms with Crippen LogP contribution in [0.1, 0.15) is 51.7 Å². The Morgan fingerprint density at radius 3 is 2.80 bits per heavy atom. The Kier molecular flexibility index (Phi) is 5.09. The van der Waals surface area contributed by atoms with Crippen LogP contribution in [-0.4, -0.2) is 19.7 Å². The van der Waals surface area contributed by atoms with Crippen molar-refractivity contribution in [3.63, 3.8) is 0 Å². The Morgan fingerprint density at radius 2 is 2.05 bits per heavy atom. The molecule has 1 aromatic carbocycles. The highest BCUT2D eigenvalue weighted by Crippen LogP contribution is 2.38. The molecule has 0 saturated heterocycles. The Labute approximate surface area is 123 Å². The third-order valence-electron chi connectivity index (χ3n) is 3.98. The van der Waals surface area contributed by atoms with Crippen molar-refractivity contribution < 1.29 is 4.74 Å². The number of benzene rings is 1. The first-order valence-corrected chi connectivity index (χ1v) is 7.96. The van der Waals surface area contributed by atoms with E-state index in [-0.39, 0.29) is 5.41 Å². The molecule has 112 valence electrons. The predicted molar refractivity (Wildman–Crippen MR) is 85.6 cm³/mol. The molecular weight excluding hydrogens is 246 g/mol. The molecule has 0 fully saturated rings. The van der Waals surface area contributed by atoms with Crippen molar-refractivity contribution in [2.24, 2.45) is 5.92 Å². The first-order chi connectivity index (χ1) is 9.49. The van der Waals surface area contributed by atoms with Crippen LogP contribution in [0.5, 0.6) is 5.75 Å². The quantitative estimate of drug-likeness (QED) is 0.761. The van der Waals surface area contributed by atoms with Gasteiger partial charge in [-0.15, -0.1) is 0 Å². The monoisotopic (exact) mass is 275 g/mol. The van der Waals surface area contributed by atoms with Crippen molar-refractivity contribution in [3.05, 3.63) is 29.3 Å². The van der Waals surface area contributed by atoms with Crippen LogP contribution in [0.3, 0.4) is 0 Å². The number of unbranched alkanes of at least 4 members (excludes halogenated alkanes) is 1. The molecule has 2 heteroatoms. The van der Waals surface area contributed by atoms with E-state index in [9.17, 15) is 0 Å². The maximum absolute atomic E-state index is 5.74. The van der Waals surface area contributed by atoms with E-state index in [1.807, 2.05) is 0 Å². The first kappa shape index (κ1) is 15.4. The van der Waals surface area contributed by atoms with Crippen molar-refractivity contribution in [2.75, 3.05) is 19.7 Å². The molecule has 2 nitrogen and oxygen atoms in total. The van der Waals surface area contributed by atoms with E-state index in [1.165, 1.54) is 30.4 Å². The van der Waals surface area contributed by atoms with Crippen LogP contribution >= 0.6 is 0 Å². The van der Waals surface area contributed by atoms with Crippen molar-refractivity contribution in [2.45, 2.75) is 52.4 Å². The average Bonchev–Trinajstić information content (AvgIpc) is 2.69. The predicted octanol–water partition coefficient (Wildman–Crippen LogP) is 3.92. The summed E-state index contributed by atoms with van der Waals surface area (Å²) in [6, 6.07) is 6.72. The van der Waals surface area contributed by atoms with Crippen molar-refractivity contribution in [3.8, 4) is 5.75 Å². The Balaban J connectivity index is 1.77. The third-order valence-corrected chi connectivity index (χ3v) is 3.98. The normalized spacial score (nSPS) is 16.2. The van der Waals surface area contributed by atoms with Gasteiger partial charge >= 0.3 is 0 Å². The van der Waals surface area contributed by atoms with Gasteiger partial charge < -0.3 is 10.1 Å². The summed E-state index contributed by atoms with van der Waals surface area (Å²) in [4.78, 5) is 0. The first-order valence-electron chi connectivity index (χ1n) is 7.96. The standard InChI is InChI=1S/C18H29NO/c1-14(2)12-19-10-6-5-7-15-8-9-17-16(11-15)18(3,4)13-20-17/h8-9,11,14,19H,5-7,10,12-13H2,1-4H3. The molecule has 2 rings (SSSR count). The number of nitrogens with one attached hydrogen (secondary N) is 1. The topological polar surface area (TPSA) is 21.3 Å². The second-order valence-corrected chi connectivity index (χ2v) is 7.06. The maximum Gasteiger partial charge on any atom is 0.123 e. The lowest BCUT2D eigenvalue weighted by atomic mass is 9.86. The molecule has 1 aliphatic rings. The minimum atomic E-state index is 0.171. The summed E-state index contributed by atoms with van der Waals surface area (Å²) in [6.07, 6.45) is 3.68. The van der Waals surface area contributed by atoms with Crippen LogP contribution in [0.2, 0.25) is 0 Å². The summed E-state index contributed by atoms with van der Waals surface area (Å²) in [5.74, 6) is 1.83. The second kappa shape index (κ2) is 6.62. The van der Waals surface area contributed by atoms with Crippen molar-refractivity contribution >= 4 is 0 Å². The van der Waals surface area contributed by atoms with E-state index >= 15 is 0 Å². The average molecular weight is 275 g/mol. The van der Waals surface area contributed by atoms with Crippen molar-refractivity contribution in [1.82, 2.24) is 5.32 Å². The van der Waals surface area contributed by atoms with Gasteiger partial charge in [0.15, 0.2) is 0 Å². The summed E-state index contributed by atoms with van der Waals surface area (Å²) in [5.41, 5.74) is 3.00. The number of hydrogen-bond donors (Lipinski definition) is 1. The summed E-state index contributed by atoms with van der Waals surface area (Å²) < 4.78 is 5.74. The molecule has 0 bridgehead atoms. The van der Waals surface area contributed by atoms with Crippen LogP contribution in [0.25, 0.3) is 0 Å². The lowest BCUT2D eigenvalue weighted by Crippen LogP contribution is -2.20. The fraction of sp³-hybridized carbons (Fsp3) is 0.667. The highest BCUT2D eigenvalue weighted by molar-refractivity contribution is 5.45. The summed E-state index contributed by atoms with van der Waals surface area (Å²) in [6.45, 7) is 12.1. The number of hydrogen-bond acceptors (Lipinski definition) is 2. The zero-order valence-corrected chi connectivity index (χ0v) is 13.5. The highest BCUT2D eigenvalue weighted by Gasteiger charge is 2.31. The van der Waals surface area contributed by atoms with Gasteiger partial charge in [-0.2, -0.15) is 0 Å². The lowest BCUT2D eigenvalue weighted by molar-refractivity contribution is 0.291. The summed E-state index contributed by atoms with van der Waals surface area (Å²) >= 11 is 0. The van der Waals surface area contributed by atoms with Crippen molar-refractivity contribution in [1.29, 1.82) is 0 Å². The van der Waals surface area contributed by atoms with E-state index in [0.29, 0.717) is 0 Å². The number of fused-ring (bicyclic) bond motifs is 1. The molecule has 0 atom stereocenters. The molecule has 1 heterocycles. The van der Waals surface area contributed by atoms with E-state index < -0.39 is 0 Å². The molecule has 0 aliphatic carbocycles. The number of rotatable bonds is 7. The van der Waals surface area contributed by atoms with Gasteiger partial charge in [0.2, 0.25) is 0 Å². The van der Waals surface area contributed by atoms with Crippen LogP contribution in [0.4, 0.5) is 0 Å². The minimum absolute atomic E-state index is 0.171. The number of aryl methyl sites for hydroxylation is 1. The van der Waals surface area contributed by atoms with Gasteiger partial charge in [-0.05, 0) is 49.9 Å². The fourth-order valence-corrected chi connectivity index (χ4v) is 2.69. The SMILES string of the molecule is CC(C)CNCCCCc1ccc2c(c1)C(C)(C)CO2. The van der Waals surface area contributed by atoms with E-state index in [2.05, 4.69) is 51.2 Å². The number of ether oxygens (including phenoxy) is 1.